The lowest BCUT2D eigenvalue weighted by Gasteiger charge is -2.33. The minimum Gasteiger partial charge on any atom is -0.319 e. The molecular weight excluding hydrogens is 298 g/mol. The molecule has 0 aromatic heterocycles. The number of nitriles is 1. The summed E-state index contributed by atoms with van der Waals surface area (Å²) in [4.78, 5) is 1.60. The van der Waals surface area contributed by atoms with Crippen molar-refractivity contribution in [3.05, 3.63) is 28.8 Å². The molecule has 0 spiro atoms. The maximum Gasteiger partial charge on any atom is 0.244 e. The third-order valence-electron chi connectivity index (χ3n) is 4.37. The van der Waals surface area contributed by atoms with Gasteiger partial charge in [-0.15, -0.1) is 0 Å². The van der Waals surface area contributed by atoms with E-state index in [2.05, 4.69) is 6.07 Å². The maximum atomic E-state index is 12.9. The van der Waals surface area contributed by atoms with Crippen LogP contribution < -0.4 is 4.90 Å². The number of hydrogen-bond acceptors (Lipinski definition) is 3. The molecule has 1 aliphatic heterocycles. The van der Waals surface area contributed by atoms with Crippen LogP contribution >= 0.6 is 0 Å². The standard InChI is InChI=1S/C16H23N3O2S/c1-12-9-13(2)16(14(3)10-12)22(20,21)19-7-5-18(6-8-19)15(4)11-17/h9-10,15H,5-8H2,1-4H3/p+1/t15-/m1/s1. The minimum atomic E-state index is -3.46. The summed E-state index contributed by atoms with van der Waals surface area (Å²) >= 11 is 0. The largest absolute Gasteiger partial charge is 0.319 e. The zero-order chi connectivity index (χ0) is 16.5. The quantitative estimate of drug-likeness (QED) is 0.877. The van der Waals surface area contributed by atoms with Gasteiger partial charge in [0.05, 0.1) is 31.1 Å². The molecule has 5 nitrogen and oxygen atoms in total. The van der Waals surface area contributed by atoms with Gasteiger partial charge in [0.1, 0.15) is 6.07 Å². The van der Waals surface area contributed by atoms with Crippen molar-refractivity contribution in [3.8, 4) is 6.07 Å². The predicted octanol–water partition coefficient (Wildman–Crippen LogP) is 0.413. The molecule has 1 aliphatic rings. The van der Waals surface area contributed by atoms with E-state index in [1.807, 2.05) is 39.8 Å². The highest BCUT2D eigenvalue weighted by Gasteiger charge is 2.33. The number of sulfonamides is 1. The molecule has 0 bridgehead atoms. The summed E-state index contributed by atoms with van der Waals surface area (Å²) in [5.41, 5.74) is 2.68. The van der Waals surface area contributed by atoms with Crippen LogP contribution in [0.2, 0.25) is 0 Å². The zero-order valence-corrected chi connectivity index (χ0v) is 14.5. The number of aryl methyl sites for hydroxylation is 3. The molecule has 0 saturated carbocycles. The Labute approximate surface area is 133 Å². The van der Waals surface area contributed by atoms with Crippen molar-refractivity contribution in [3.63, 3.8) is 0 Å². The molecule has 2 rings (SSSR count). The Morgan fingerprint density at radius 2 is 1.68 bits per heavy atom. The zero-order valence-electron chi connectivity index (χ0n) is 13.7. The second-order valence-corrected chi connectivity index (χ2v) is 8.02. The molecule has 1 aromatic rings. The fourth-order valence-corrected chi connectivity index (χ4v) is 5.09. The van der Waals surface area contributed by atoms with Crippen molar-refractivity contribution >= 4 is 10.0 Å². The summed E-state index contributed by atoms with van der Waals surface area (Å²) in [7, 11) is -3.46. The summed E-state index contributed by atoms with van der Waals surface area (Å²) in [6.07, 6.45) is 0. The third-order valence-corrected chi connectivity index (χ3v) is 6.58. The lowest BCUT2D eigenvalue weighted by Crippen LogP contribution is -3.17. The van der Waals surface area contributed by atoms with Gasteiger partial charge in [-0.05, 0) is 31.9 Å². The Hall–Kier alpha value is -1.42. The Kier molecular flexibility index (Phi) is 4.90. The fourth-order valence-electron chi connectivity index (χ4n) is 3.24. The molecule has 0 unspecified atom stereocenters. The summed E-state index contributed by atoms with van der Waals surface area (Å²) in [5.74, 6) is 0. The topological polar surface area (TPSA) is 65.6 Å². The van der Waals surface area contributed by atoms with Gasteiger partial charge in [0, 0.05) is 6.92 Å². The van der Waals surface area contributed by atoms with E-state index in [0.717, 1.165) is 21.6 Å². The van der Waals surface area contributed by atoms with Crippen LogP contribution in [0.25, 0.3) is 0 Å². The van der Waals surface area contributed by atoms with E-state index in [0.29, 0.717) is 31.1 Å². The van der Waals surface area contributed by atoms with Crippen molar-refractivity contribution < 1.29 is 13.3 Å². The van der Waals surface area contributed by atoms with Crippen molar-refractivity contribution in [1.29, 1.82) is 5.26 Å². The molecular formula is C16H24N3O2S+. The van der Waals surface area contributed by atoms with Crippen LogP contribution in [0.4, 0.5) is 0 Å². The Bertz CT molecular complexity index is 676. The van der Waals surface area contributed by atoms with Gasteiger partial charge in [0.2, 0.25) is 10.0 Å². The van der Waals surface area contributed by atoms with Crippen LogP contribution in [-0.2, 0) is 10.0 Å². The van der Waals surface area contributed by atoms with E-state index in [-0.39, 0.29) is 6.04 Å². The van der Waals surface area contributed by atoms with Crippen LogP contribution in [-0.4, -0.2) is 44.9 Å². The molecule has 0 radical (unpaired) electrons. The number of nitrogens with one attached hydrogen (secondary N) is 1. The van der Waals surface area contributed by atoms with Gasteiger partial charge in [-0.1, -0.05) is 17.7 Å². The summed E-state index contributed by atoms with van der Waals surface area (Å²) in [5, 5.41) is 8.99. The number of hydrogen-bond donors (Lipinski definition) is 1. The number of benzene rings is 1. The second kappa shape index (κ2) is 6.37. The molecule has 1 atom stereocenters. The summed E-state index contributed by atoms with van der Waals surface area (Å²) in [6, 6.07) is 5.98. The highest BCUT2D eigenvalue weighted by Crippen LogP contribution is 2.25. The number of piperazine rings is 1. The van der Waals surface area contributed by atoms with Crippen molar-refractivity contribution in [2.45, 2.75) is 38.6 Å². The van der Waals surface area contributed by atoms with Crippen LogP contribution in [0.1, 0.15) is 23.6 Å². The lowest BCUT2D eigenvalue weighted by molar-refractivity contribution is -0.918. The predicted molar refractivity (Wildman–Crippen MR) is 85.2 cm³/mol. The molecule has 1 saturated heterocycles. The summed E-state index contributed by atoms with van der Waals surface area (Å²) in [6.45, 7) is 9.86. The highest BCUT2D eigenvalue weighted by atomic mass is 32.2. The Balaban J connectivity index is 2.25. The number of quaternary nitrogens is 1. The van der Waals surface area contributed by atoms with Gasteiger partial charge in [0.25, 0.3) is 0 Å². The smallest absolute Gasteiger partial charge is 0.244 e. The fraction of sp³-hybridized carbons (Fsp3) is 0.562. The SMILES string of the molecule is Cc1cc(C)c(S(=O)(=O)N2CC[NH+]([C@H](C)C#N)CC2)c(C)c1. The normalized spacial score (nSPS) is 18.9. The van der Waals surface area contributed by atoms with E-state index in [1.54, 1.807) is 4.31 Å². The number of nitrogens with zero attached hydrogens (tertiary/aromatic N) is 2. The molecule has 1 fully saturated rings. The van der Waals surface area contributed by atoms with E-state index in [1.165, 1.54) is 0 Å². The van der Waals surface area contributed by atoms with E-state index >= 15 is 0 Å². The Morgan fingerprint density at radius 1 is 1.18 bits per heavy atom. The summed E-state index contributed by atoms with van der Waals surface area (Å²) < 4.78 is 27.4. The molecule has 6 heteroatoms. The lowest BCUT2D eigenvalue weighted by atomic mass is 10.1. The van der Waals surface area contributed by atoms with Crippen molar-refractivity contribution in [2.24, 2.45) is 0 Å². The van der Waals surface area contributed by atoms with E-state index < -0.39 is 10.0 Å². The van der Waals surface area contributed by atoms with Gasteiger partial charge < -0.3 is 4.90 Å². The average Bonchev–Trinajstić information content (AvgIpc) is 2.45. The highest BCUT2D eigenvalue weighted by molar-refractivity contribution is 7.89. The molecule has 22 heavy (non-hydrogen) atoms. The maximum absolute atomic E-state index is 12.9. The second-order valence-electron chi connectivity index (χ2n) is 6.14. The van der Waals surface area contributed by atoms with Crippen molar-refractivity contribution in [1.82, 2.24) is 4.31 Å². The molecule has 0 aliphatic carbocycles. The van der Waals surface area contributed by atoms with Crippen LogP contribution in [0, 0.1) is 32.1 Å². The third kappa shape index (κ3) is 3.17. The monoisotopic (exact) mass is 322 g/mol. The van der Waals surface area contributed by atoms with E-state index in [4.69, 9.17) is 5.26 Å². The van der Waals surface area contributed by atoms with E-state index in [9.17, 15) is 8.42 Å². The molecule has 0 amide bonds. The molecule has 120 valence electrons. The average molecular weight is 322 g/mol. The van der Waals surface area contributed by atoms with Gasteiger partial charge >= 0.3 is 0 Å². The Morgan fingerprint density at radius 3 is 2.14 bits per heavy atom. The van der Waals surface area contributed by atoms with Gasteiger partial charge in [0.15, 0.2) is 6.04 Å². The van der Waals surface area contributed by atoms with Crippen LogP contribution in [0.3, 0.4) is 0 Å². The molecule has 1 aromatic carbocycles. The molecule has 1 heterocycles. The van der Waals surface area contributed by atoms with Crippen molar-refractivity contribution in [2.75, 3.05) is 26.2 Å². The van der Waals surface area contributed by atoms with Gasteiger partial charge in [-0.25, -0.2) is 8.42 Å². The van der Waals surface area contributed by atoms with Gasteiger partial charge in [-0.3, -0.25) is 0 Å². The first-order valence-corrected chi connectivity index (χ1v) is 9.03. The first kappa shape index (κ1) is 16.9. The van der Waals surface area contributed by atoms with Crippen LogP contribution in [0.15, 0.2) is 17.0 Å². The first-order chi connectivity index (χ1) is 10.3. The first-order valence-electron chi connectivity index (χ1n) is 7.59. The molecule has 1 N–H and O–H groups in total. The number of rotatable bonds is 3. The van der Waals surface area contributed by atoms with Crippen LogP contribution in [0.5, 0.6) is 0 Å². The minimum absolute atomic E-state index is 0.0901. The van der Waals surface area contributed by atoms with Gasteiger partial charge in [-0.2, -0.15) is 9.57 Å².